The second-order valence-corrected chi connectivity index (χ2v) is 9.30. The van der Waals surface area contributed by atoms with Gasteiger partial charge in [-0.3, -0.25) is 4.31 Å². The second-order valence-electron chi connectivity index (χ2n) is 7.33. The number of aromatic nitrogens is 4. The lowest BCUT2D eigenvalue weighted by Gasteiger charge is -2.19. The summed E-state index contributed by atoms with van der Waals surface area (Å²) in [7, 11) is -2.41. The van der Waals surface area contributed by atoms with E-state index in [-0.39, 0.29) is 4.90 Å². The average Bonchev–Trinajstić information content (AvgIpc) is 3.30. The molecule has 0 radical (unpaired) electrons. The SMILES string of the molecule is CN(c1ccc(Oc2ncnc3c2cnn3-c2ccccc2)cc1)S(=O)(=O)c1ccc(F)cc1. The quantitative estimate of drug-likeness (QED) is 0.357. The first kappa shape index (κ1) is 21.5. The molecule has 2 heterocycles. The lowest BCUT2D eigenvalue weighted by molar-refractivity contribution is 0.468. The Kier molecular flexibility index (Phi) is 5.42. The molecule has 0 bridgehead atoms. The zero-order chi connectivity index (χ0) is 23.7. The van der Waals surface area contributed by atoms with Crippen molar-refractivity contribution in [2.24, 2.45) is 0 Å². The monoisotopic (exact) mass is 475 g/mol. The van der Waals surface area contributed by atoms with Crippen LogP contribution in [0.3, 0.4) is 0 Å². The maximum atomic E-state index is 13.2. The number of anilines is 1. The number of sulfonamides is 1. The molecule has 0 aliphatic rings. The molecule has 5 aromatic rings. The van der Waals surface area contributed by atoms with Gasteiger partial charge in [-0.25, -0.2) is 27.5 Å². The predicted octanol–water partition coefficient (Wildman–Crippen LogP) is 4.57. The van der Waals surface area contributed by atoms with Crippen molar-refractivity contribution in [1.82, 2.24) is 19.7 Å². The van der Waals surface area contributed by atoms with Crippen LogP contribution >= 0.6 is 0 Å². The third kappa shape index (κ3) is 3.95. The third-order valence-corrected chi connectivity index (χ3v) is 7.02. The number of hydrogen-bond donors (Lipinski definition) is 0. The first-order valence-electron chi connectivity index (χ1n) is 10.2. The number of nitrogens with zero attached hydrogens (tertiary/aromatic N) is 5. The molecule has 0 amide bonds. The van der Waals surface area contributed by atoms with Crippen molar-refractivity contribution in [3.05, 3.63) is 97.2 Å². The zero-order valence-corrected chi connectivity index (χ0v) is 18.7. The van der Waals surface area contributed by atoms with Crippen LogP contribution in [0, 0.1) is 5.82 Å². The van der Waals surface area contributed by atoms with Gasteiger partial charge in [-0.05, 0) is 60.7 Å². The summed E-state index contributed by atoms with van der Waals surface area (Å²) in [6, 6.07) is 20.8. The highest BCUT2D eigenvalue weighted by atomic mass is 32.2. The Bertz CT molecular complexity index is 1550. The van der Waals surface area contributed by atoms with E-state index in [1.165, 1.54) is 25.5 Å². The van der Waals surface area contributed by atoms with Gasteiger partial charge in [0.2, 0.25) is 5.88 Å². The molecule has 0 saturated heterocycles. The van der Waals surface area contributed by atoms with Crippen molar-refractivity contribution in [3.8, 4) is 17.3 Å². The van der Waals surface area contributed by atoms with E-state index in [2.05, 4.69) is 15.1 Å². The fourth-order valence-electron chi connectivity index (χ4n) is 3.40. The van der Waals surface area contributed by atoms with Gasteiger partial charge < -0.3 is 4.74 Å². The molecule has 0 saturated carbocycles. The van der Waals surface area contributed by atoms with Crippen LogP contribution in [0.2, 0.25) is 0 Å². The summed E-state index contributed by atoms with van der Waals surface area (Å²) in [4.78, 5) is 8.56. The van der Waals surface area contributed by atoms with Gasteiger partial charge in [0, 0.05) is 7.05 Å². The number of hydrogen-bond acceptors (Lipinski definition) is 6. The number of fused-ring (bicyclic) bond motifs is 1. The number of benzene rings is 3. The lowest BCUT2D eigenvalue weighted by atomic mass is 10.3. The van der Waals surface area contributed by atoms with Crippen LogP contribution in [-0.4, -0.2) is 35.2 Å². The highest BCUT2D eigenvalue weighted by Crippen LogP contribution is 2.30. The molecule has 8 nitrogen and oxygen atoms in total. The molecule has 170 valence electrons. The summed E-state index contributed by atoms with van der Waals surface area (Å²) in [5.74, 6) is 0.284. The van der Waals surface area contributed by atoms with Crippen molar-refractivity contribution in [3.63, 3.8) is 0 Å². The van der Waals surface area contributed by atoms with Gasteiger partial charge in [-0.2, -0.15) is 5.10 Å². The molecule has 0 aliphatic heterocycles. The normalized spacial score (nSPS) is 11.5. The van der Waals surface area contributed by atoms with Crippen molar-refractivity contribution in [1.29, 1.82) is 0 Å². The molecule has 5 rings (SSSR count). The molecular weight excluding hydrogens is 457 g/mol. The van der Waals surface area contributed by atoms with Gasteiger partial charge in [-0.1, -0.05) is 18.2 Å². The number of rotatable bonds is 6. The Morgan fingerprint density at radius 2 is 1.62 bits per heavy atom. The predicted molar refractivity (Wildman–Crippen MR) is 125 cm³/mol. The van der Waals surface area contributed by atoms with E-state index < -0.39 is 15.8 Å². The van der Waals surface area contributed by atoms with E-state index in [0.29, 0.717) is 28.4 Å². The molecule has 0 unspecified atom stereocenters. The number of ether oxygens (including phenoxy) is 1. The summed E-state index contributed by atoms with van der Waals surface area (Å²) in [6.07, 6.45) is 3.03. The highest BCUT2D eigenvalue weighted by Gasteiger charge is 2.21. The maximum Gasteiger partial charge on any atom is 0.264 e. The van der Waals surface area contributed by atoms with Gasteiger partial charge in [0.15, 0.2) is 5.65 Å². The Balaban J connectivity index is 1.39. The minimum Gasteiger partial charge on any atom is -0.438 e. The topological polar surface area (TPSA) is 90.2 Å². The van der Waals surface area contributed by atoms with E-state index in [1.807, 2.05) is 30.3 Å². The molecule has 2 aromatic heterocycles. The third-order valence-electron chi connectivity index (χ3n) is 5.22. The zero-order valence-electron chi connectivity index (χ0n) is 17.9. The molecule has 34 heavy (non-hydrogen) atoms. The van der Waals surface area contributed by atoms with E-state index in [4.69, 9.17) is 4.74 Å². The smallest absolute Gasteiger partial charge is 0.264 e. The van der Waals surface area contributed by atoms with Crippen molar-refractivity contribution in [2.45, 2.75) is 4.90 Å². The van der Waals surface area contributed by atoms with Crippen LogP contribution < -0.4 is 9.04 Å². The Morgan fingerprint density at radius 1 is 0.912 bits per heavy atom. The Hall–Kier alpha value is -4.31. The second kappa shape index (κ2) is 8.56. The first-order chi connectivity index (χ1) is 16.4. The molecule has 0 fully saturated rings. The van der Waals surface area contributed by atoms with Crippen molar-refractivity contribution >= 4 is 26.7 Å². The van der Waals surface area contributed by atoms with Crippen LogP contribution in [0.1, 0.15) is 0 Å². The van der Waals surface area contributed by atoms with Gasteiger partial charge in [-0.15, -0.1) is 0 Å². The average molecular weight is 476 g/mol. The lowest BCUT2D eigenvalue weighted by Crippen LogP contribution is -2.26. The Labute approximate surface area is 194 Å². The van der Waals surface area contributed by atoms with Crippen molar-refractivity contribution in [2.75, 3.05) is 11.4 Å². The minimum atomic E-state index is -3.84. The van der Waals surface area contributed by atoms with Crippen LogP contribution in [0.15, 0.2) is 96.3 Å². The summed E-state index contributed by atoms with van der Waals surface area (Å²) in [5.41, 5.74) is 1.87. The van der Waals surface area contributed by atoms with Crippen molar-refractivity contribution < 1.29 is 17.5 Å². The number of halogens is 1. The van der Waals surface area contributed by atoms with Crippen LogP contribution in [-0.2, 0) is 10.0 Å². The van der Waals surface area contributed by atoms with Gasteiger partial charge >= 0.3 is 0 Å². The molecule has 0 spiro atoms. The van der Waals surface area contributed by atoms with Crippen LogP contribution in [0.25, 0.3) is 16.7 Å². The van der Waals surface area contributed by atoms with Gasteiger partial charge in [0.05, 0.1) is 22.5 Å². The molecule has 0 N–H and O–H groups in total. The highest BCUT2D eigenvalue weighted by molar-refractivity contribution is 7.92. The Morgan fingerprint density at radius 3 is 2.32 bits per heavy atom. The fourth-order valence-corrected chi connectivity index (χ4v) is 4.60. The summed E-state index contributed by atoms with van der Waals surface area (Å²) < 4.78 is 47.6. The van der Waals surface area contributed by atoms with Gasteiger partial charge in [0.25, 0.3) is 10.0 Å². The van der Waals surface area contributed by atoms with E-state index in [0.717, 1.165) is 22.1 Å². The van der Waals surface area contributed by atoms with Crippen LogP contribution in [0.5, 0.6) is 11.6 Å². The van der Waals surface area contributed by atoms with Gasteiger partial charge in [0.1, 0.15) is 23.3 Å². The largest absolute Gasteiger partial charge is 0.438 e. The van der Waals surface area contributed by atoms with E-state index in [9.17, 15) is 12.8 Å². The standard InChI is InChI=1S/C24H18FN5O3S/c1-29(34(31,32)21-13-7-17(25)8-14-21)18-9-11-20(12-10-18)33-24-22-15-28-30(23(22)26-16-27-24)19-5-3-2-4-6-19/h2-16H,1H3. The van der Waals surface area contributed by atoms with E-state index >= 15 is 0 Å². The first-order valence-corrected chi connectivity index (χ1v) is 11.6. The number of para-hydroxylation sites is 1. The fraction of sp³-hybridized carbons (Fsp3) is 0.0417. The molecule has 0 atom stereocenters. The summed E-state index contributed by atoms with van der Waals surface area (Å²) in [6.45, 7) is 0. The minimum absolute atomic E-state index is 0.00414. The molecule has 10 heteroatoms. The van der Waals surface area contributed by atoms with E-state index in [1.54, 1.807) is 35.1 Å². The maximum absolute atomic E-state index is 13.2. The van der Waals surface area contributed by atoms with Crippen LogP contribution in [0.4, 0.5) is 10.1 Å². The molecular formula is C24H18FN5O3S. The summed E-state index contributed by atoms with van der Waals surface area (Å²) in [5, 5.41) is 5.03. The molecule has 0 aliphatic carbocycles. The molecule has 3 aromatic carbocycles. The summed E-state index contributed by atoms with van der Waals surface area (Å²) >= 11 is 0.